The number of hydrogen-bond donors (Lipinski definition) is 1. The van der Waals surface area contributed by atoms with Crippen molar-refractivity contribution in [3.63, 3.8) is 0 Å². The van der Waals surface area contributed by atoms with Gasteiger partial charge in [-0.15, -0.1) is 0 Å². The first-order valence-corrected chi connectivity index (χ1v) is 20.3. The minimum atomic E-state index is -2.74. The van der Waals surface area contributed by atoms with E-state index in [1.54, 1.807) is 0 Å². The maximum absolute atomic E-state index is 13.7. The Morgan fingerprint density at radius 3 is 1.90 bits per heavy atom. The summed E-state index contributed by atoms with van der Waals surface area (Å²) in [5.41, 5.74) is 0.442. The van der Waals surface area contributed by atoms with E-state index in [4.69, 9.17) is 0 Å². The minimum absolute atomic E-state index is 0.0715. The first kappa shape index (κ1) is 25.7. The zero-order chi connectivity index (χ0) is 22.2. The van der Waals surface area contributed by atoms with E-state index in [9.17, 15) is 9.90 Å². The number of aliphatic hydroxyl groups is 1. The van der Waals surface area contributed by atoms with Crippen molar-refractivity contribution in [1.82, 2.24) is 4.90 Å². The fourth-order valence-corrected chi connectivity index (χ4v) is 22.8. The second-order valence-corrected chi connectivity index (χ2v) is 23.9. The van der Waals surface area contributed by atoms with Gasteiger partial charge in [0.05, 0.1) is 0 Å². The molecule has 0 radical (unpaired) electrons. The molecule has 4 heteroatoms. The number of unbranched alkanes of at least 4 members (excludes halogenated alkanes) is 4. The summed E-state index contributed by atoms with van der Waals surface area (Å²) >= 11 is -2.74. The number of rotatable bonds is 14. The summed E-state index contributed by atoms with van der Waals surface area (Å²) < 4.78 is 4.26. The predicted octanol–water partition coefficient (Wildman–Crippen LogP) is 7.25. The van der Waals surface area contributed by atoms with Crippen LogP contribution in [0.2, 0.25) is 13.3 Å². The Morgan fingerprint density at radius 2 is 1.40 bits per heavy atom. The van der Waals surface area contributed by atoms with Gasteiger partial charge in [0.2, 0.25) is 0 Å². The van der Waals surface area contributed by atoms with Crippen LogP contribution in [0.25, 0.3) is 0 Å². The molecule has 170 valence electrons. The van der Waals surface area contributed by atoms with Crippen LogP contribution in [0.3, 0.4) is 0 Å². The number of nitrogens with zero attached hydrogens (tertiary/aromatic N) is 1. The summed E-state index contributed by atoms with van der Waals surface area (Å²) in [6.45, 7) is 11.3. The van der Waals surface area contributed by atoms with E-state index in [2.05, 4.69) is 34.6 Å². The van der Waals surface area contributed by atoms with Crippen LogP contribution in [0, 0.1) is 0 Å². The van der Waals surface area contributed by atoms with E-state index >= 15 is 0 Å². The summed E-state index contributed by atoms with van der Waals surface area (Å²) in [6, 6.07) is 7.81. The molecule has 1 aliphatic heterocycles. The Labute approximate surface area is 189 Å². The third kappa shape index (κ3) is 5.25. The molecular weight excluding hydrogens is 477 g/mol. The van der Waals surface area contributed by atoms with E-state index < -0.39 is 24.1 Å². The molecule has 0 fully saturated rings. The zero-order valence-electron chi connectivity index (χ0n) is 20.2. The summed E-state index contributed by atoms with van der Waals surface area (Å²) in [5, 5.41) is 12.1. The Morgan fingerprint density at radius 1 is 0.900 bits per heavy atom. The predicted molar refractivity (Wildman–Crippen MR) is 130 cm³/mol. The molecule has 30 heavy (non-hydrogen) atoms. The van der Waals surface area contributed by atoms with Crippen LogP contribution < -0.4 is 0 Å². The van der Waals surface area contributed by atoms with Gasteiger partial charge in [0.1, 0.15) is 0 Å². The summed E-state index contributed by atoms with van der Waals surface area (Å²) in [4.78, 5) is 15.7. The topological polar surface area (TPSA) is 40.5 Å². The van der Waals surface area contributed by atoms with Crippen LogP contribution in [-0.2, 0) is 5.72 Å². The summed E-state index contributed by atoms with van der Waals surface area (Å²) in [6.07, 6.45) is 10.1. The van der Waals surface area contributed by atoms with Gasteiger partial charge in [0.25, 0.3) is 0 Å². The normalized spacial score (nSPS) is 19.9. The van der Waals surface area contributed by atoms with Crippen LogP contribution in [0.4, 0.5) is 0 Å². The van der Waals surface area contributed by atoms with E-state index in [0.717, 1.165) is 24.0 Å². The van der Waals surface area contributed by atoms with Gasteiger partial charge in [0.15, 0.2) is 0 Å². The van der Waals surface area contributed by atoms with Gasteiger partial charge in [-0.1, -0.05) is 0 Å². The van der Waals surface area contributed by atoms with E-state index in [1.165, 1.54) is 51.8 Å². The van der Waals surface area contributed by atoms with Gasteiger partial charge in [-0.3, -0.25) is 0 Å². The second-order valence-electron chi connectivity index (χ2n) is 9.49. The van der Waals surface area contributed by atoms with Crippen LogP contribution in [-0.4, -0.2) is 38.3 Å². The molecule has 2 atom stereocenters. The molecule has 0 spiro atoms. The van der Waals surface area contributed by atoms with Gasteiger partial charge >= 0.3 is 190 Å². The van der Waals surface area contributed by atoms with Crippen molar-refractivity contribution in [2.24, 2.45) is 0 Å². The molecule has 0 aliphatic carbocycles. The number of amides is 1. The molecule has 2 unspecified atom stereocenters. The van der Waals surface area contributed by atoms with Gasteiger partial charge in [-0.05, 0) is 0 Å². The van der Waals surface area contributed by atoms with E-state index in [1.807, 2.05) is 29.2 Å². The van der Waals surface area contributed by atoms with Crippen LogP contribution in [0.1, 0.15) is 108 Å². The van der Waals surface area contributed by atoms with Gasteiger partial charge in [-0.2, -0.15) is 0 Å². The van der Waals surface area contributed by atoms with Crippen molar-refractivity contribution < 1.29 is 9.90 Å². The molecule has 1 aliphatic rings. The van der Waals surface area contributed by atoms with Crippen molar-refractivity contribution in [2.45, 2.75) is 115 Å². The number of fused-ring (bicyclic) bond motifs is 1. The maximum atomic E-state index is 13.7. The number of carbonyl (C=O) groups is 1. The average molecular weight is 522 g/mol. The quantitative estimate of drug-likeness (QED) is 0.262. The molecule has 1 aromatic carbocycles. The SMILES string of the molecule is CCCCC1(O)c2ccccc2C(=O)N1[CH](C)[Sn]([CH2]CCC)([CH2]CCC)[CH2]CCC. The Balaban J connectivity index is 2.51. The van der Waals surface area contributed by atoms with Crippen molar-refractivity contribution in [3.05, 3.63) is 35.4 Å². The average Bonchev–Trinajstić information content (AvgIpc) is 2.99. The fourth-order valence-electron chi connectivity index (χ4n) is 5.48. The third-order valence-electron chi connectivity index (χ3n) is 7.44. The molecule has 1 amide bonds. The number of carbonyl (C=O) groups excluding carboxylic acids is 1. The summed E-state index contributed by atoms with van der Waals surface area (Å²) in [5.74, 6) is 0.0715. The standard InChI is InChI=1S/C14H18NO2.3C4H9.Sn/c1-3-5-10-14(17)12-9-7-6-8-11(12)13(16)15(14)4-2;3*1-3-4-2;/h4,6-9,17H,3,5,10H2,1-2H3;3*1,3-4H2,2H3;. The number of hydrogen-bond acceptors (Lipinski definition) is 2. The summed E-state index contributed by atoms with van der Waals surface area (Å²) in [7, 11) is 0. The molecule has 2 rings (SSSR count). The molecule has 0 bridgehead atoms. The first-order valence-electron chi connectivity index (χ1n) is 12.6. The molecule has 1 N–H and O–H groups in total. The van der Waals surface area contributed by atoms with Gasteiger partial charge in [0, 0.05) is 0 Å². The van der Waals surface area contributed by atoms with Crippen LogP contribution in [0.15, 0.2) is 24.3 Å². The van der Waals surface area contributed by atoms with Crippen LogP contribution >= 0.6 is 0 Å². The van der Waals surface area contributed by atoms with E-state index in [-0.39, 0.29) is 9.96 Å². The monoisotopic (exact) mass is 523 g/mol. The Hall–Kier alpha value is -0.551. The Kier molecular flexibility index (Phi) is 10.2. The molecule has 1 aromatic rings. The molecule has 1 heterocycles. The van der Waals surface area contributed by atoms with E-state index in [0.29, 0.717) is 6.42 Å². The second kappa shape index (κ2) is 11.9. The van der Waals surface area contributed by atoms with Crippen molar-refractivity contribution >= 4 is 24.3 Å². The molecule has 0 saturated heterocycles. The van der Waals surface area contributed by atoms with Crippen molar-refractivity contribution in [3.8, 4) is 0 Å². The first-order chi connectivity index (χ1) is 14.4. The fraction of sp³-hybridized carbons (Fsp3) is 0.731. The molecular formula is C26H45NO2Sn. The van der Waals surface area contributed by atoms with Crippen LogP contribution in [0.5, 0.6) is 0 Å². The molecule has 0 aromatic heterocycles. The van der Waals surface area contributed by atoms with Crippen molar-refractivity contribution in [2.75, 3.05) is 0 Å². The third-order valence-corrected chi connectivity index (χ3v) is 24.8. The zero-order valence-corrected chi connectivity index (χ0v) is 23.0. The van der Waals surface area contributed by atoms with Crippen molar-refractivity contribution in [1.29, 1.82) is 0 Å². The molecule has 0 saturated carbocycles. The molecule has 3 nitrogen and oxygen atoms in total. The van der Waals surface area contributed by atoms with Gasteiger partial charge in [-0.25, -0.2) is 0 Å². The number of benzene rings is 1. The van der Waals surface area contributed by atoms with Gasteiger partial charge < -0.3 is 0 Å². The Bertz CT molecular complexity index is 655.